The number of aromatic nitrogens is 1. The van der Waals surface area contributed by atoms with Gasteiger partial charge in [0.05, 0.1) is 6.61 Å². The van der Waals surface area contributed by atoms with Crippen LogP contribution in [0.3, 0.4) is 0 Å². The van der Waals surface area contributed by atoms with E-state index in [1.54, 1.807) is 6.92 Å². The molecule has 0 radical (unpaired) electrons. The van der Waals surface area contributed by atoms with E-state index in [9.17, 15) is 4.79 Å². The molecule has 1 aliphatic rings. The molecule has 1 aromatic rings. The predicted octanol–water partition coefficient (Wildman–Crippen LogP) is 3.28. The van der Waals surface area contributed by atoms with Gasteiger partial charge in [-0.05, 0) is 43.1 Å². The van der Waals surface area contributed by atoms with Crippen LogP contribution in [0, 0.1) is 5.41 Å². The number of esters is 1. The van der Waals surface area contributed by atoms with Gasteiger partial charge in [0, 0.05) is 6.04 Å². The average molecular weight is 297 g/mol. The molecule has 0 aromatic carbocycles. The number of hydrogen-bond acceptors (Lipinski definition) is 6. The topological polar surface area (TPSA) is 77.2 Å². The Morgan fingerprint density at radius 2 is 2.35 bits per heavy atom. The lowest BCUT2D eigenvalue weighted by Gasteiger charge is -2.35. The summed E-state index contributed by atoms with van der Waals surface area (Å²) in [5, 5.41) is 4.18. The van der Waals surface area contributed by atoms with Crippen molar-refractivity contribution in [3.8, 4) is 0 Å². The van der Waals surface area contributed by atoms with Crippen LogP contribution in [0.4, 0.5) is 10.8 Å². The van der Waals surface area contributed by atoms with Crippen molar-refractivity contribution in [1.29, 1.82) is 0 Å². The molecule has 6 heteroatoms. The smallest absolute Gasteiger partial charge is 0.344 e. The van der Waals surface area contributed by atoms with Crippen LogP contribution in [-0.4, -0.2) is 23.0 Å². The van der Waals surface area contributed by atoms with Crippen molar-refractivity contribution in [1.82, 2.24) is 4.37 Å². The number of nitrogens with zero attached hydrogens (tertiary/aromatic N) is 1. The third-order valence-electron chi connectivity index (χ3n) is 3.74. The molecule has 5 nitrogen and oxygen atoms in total. The molecule has 0 bridgehead atoms. The molecular formula is C14H23N3O2S. The van der Waals surface area contributed by atoms with E-state index in [2.05, 4.69) is 23.5 Å². The SMILES string of the molecule is CCOC(=O)c1c(N)nsc1NC1CCCC(C)(C)C1. The van der Waals surface area contributed by atoms with Crippen LogP contribution in [0.1, 0.15) is 56.8 Å². The third-order valence-corrected chi connectivity index (χ3v) is 4.53. The first-order valence-electron chi connectivity index (χ1n) is 7.12. The molecule has 1 atom stereocenters. The number of ether oxygens (including phenoxy) is 1. The summed E-state index contributed by atoms with van der Waals surface area (Å²) < 4.78 is 9.12. The summed E-state index contributed by atoms with van der Waals surface area (Å²) >= 11 is 1.24. The van der Waals surface area contributed by atoms with Gasteiger partial charge in [-0.25, -0.2) is 4.79 Å². The van der Waals surface area contributed by atoms with Crippen LogP contribution < -0.4 is 11.1 Å². The molecule has 20 heavy (non-hydrogen) atoms. The van der Waals surface area contributed by atoms with Crippen LogP contribution in [0.5, 0.6) is 0 Å². The van der Waals surface area contributed by atoms with E-state index >= 15 is 0 Å². The minimum atomic E-state index is -0.392. The van der Waals surface area contributed by atoms with Crippen LogP contribution in [0.25, 0.3) is 0 Å². The summed E-state index contributed by atoms with van der Waals surface area (Å²) in [5.74, 6) is -0.137. The average Bonchev–Trinajstić information content (AvgIpc) is 2.69. The zero-order chi connectivity index (χ0) is 14.8. The highest BCUT2D eigenvalue weighted by Crippen LogP contribution is 2.38. The number of nitrogens with two attached hydrogens (primary N) is 1. The number of hydrogen-bond donors (Lipinski definition) is 2. The summed E-state index contributed by atoms with van der Waals surface area (Å²) in [6.45, 7) is 6.69. The monoisotopic (exact) mass is 297 g/mol. The number of nitrogens with one attached hydrogen (secondary N) is 1. The number of nitrogen functional groups attached to an aromatic ring is 1. The zero-order valence-electron chi connectivity index (χ0n) is 12.4. The maximum Gasteiger partial charge on any atom is 0.344 e. The van der Waals surface area contributed by atoms with E-state index in [0.717, 1.165) is 17.8 Å². The molecule has 0 aliphatic heterocycles. The van der Waals surface area contributed by atoms with E-state index in [1.807, 2.05) is 0 Å². The van der Waals surface area contributed by atoms with Crippen LogP contribution in [-0.2, 0) is 4.74 Å². The van der Waals surface area contributed by atoms with Gasteiger partial charge in [0.15, 0.2) is 5.82 Å². The lowest BCUT2D eigenvalue weighted by molar-refractivity contribution is 0.0529. The van der Waals surface area contributed by atoms with Gasteiger partial charge < -0.3 is 15.8 Å². The van der Waals surface area contributed by atoms with Gasteiger partial charge in [-0.3, -0.25) is 0 Å². The van der Waals surface area contributed by atoms with Gasteiger partial charge in [-0.1, -0.05) is 20.3 Å². The Balaban J connectivity index is 2.11. The van der Waals surface area contributed by atoms with E-state index < -0.39 is 5.97 Å². The van der Waals surface area contributed by atoms with Crippen LogP contribution in [0.2, 0.25) is 0 Å². The lowest BCUT2D eigenvalue weighted by Crippen LogP contribution is -2.32. The fourth-order valence-corrected chi connectivity index (χ4v) is 3.59. The van der Waals surface area contributed by atoms with E-state index in [4.69, 9.17) is 10.5 Å². The first-order valence-corrected chi connectivity index (χ1v) is 7.89. The van der Waals surface area contributed by atoms with Crippen molar-refractivity contribution in [3.63, 3.8) is 0 Å². The molecular weight excluding hydrogens is 274 g/mol. The van der Waals surface area contributed by atoms with Gasteiger partial charge in [0.25, 0.3) is 0 Å². The first kappa shape index (κ1) is 15.1. The highest BCUT2D eigenvalue weighted by molar-refractivity contribution is 7.11. The molecule has 1 fully saturated rings. The molecule has 1 unspecified atom stereocenters. The summed E-state index contributed by atoms with van der Waals surface area (Å²) in [6.07, 6.45) is 4.66. The second kappa shape index (κ2) is 5.99. The first-order chi connectivity index (χ1) is 9.43. The van der Waals surface area contributed by atoms with Crippen molar-refractivity contribution in [2.24, 2.45) is 5.41 Å². The van der Waals surface area contributed by atoms with Gasteiger partial charge >= 0.3 is 5.97 Å². The van der Waals surface area contributed by atoms with E-state index in [-0.39, 0.29) is 5.82 Å². The Kier molecular flexibility index (Phi) is 4.52. The Morgan fingerprint density at radius 1 is 1.60 bits per heavy atom. The standard InChI is InChI=1S/C14H23N3O2S/c1-4-19-13(18)10-11(15)17-20-12(10)16-9-6-5-7-14(2,3)8-9/h9,16H,4-8H2,1-3H3,(H2,15,17). The molecule has 2 rings (SSSR count). The van der Waals surface area contributed by atoms with Crippen LogP contribution >= 0.6 is 11.5 Å². The molecule has 1 heterocycles. The van der Waals surface area contributed by atoms with Gasteiger partial charge in [0.1, 0.15) is 10.6 Å². The maximum atomic E-state index is 11.9. The molecule has 1 aromatic heterocycles. The normalized spacial score (nSPS) is 21.4. The second-order valence-corrected chi connectivity index (χ2v) is 6.87. The fourth-order valence-electron chi connectivity index (χ4n) is 2.81. The Hall–Kier alpha value is -1.30. The summed E-state index contributed by atoms with van der Waals surface area (Å²) in [4.78, 5) is 11.9. The molecule has 0 saturated heterocycles. The highest BCUT2D eigenvalue weighted by atomic mass is 32.1. The maximum absolute atomic E-state index is 11.9. The van der Waals surface area contributed by atoms with E-state index in [0.29, 0.717) is 23.6 Å². The summed E-state index contributed by atoms with van der Waals surface area (Å²) in [6, 6.07) is 0.367. The molecule has 1 aliphatic carbocycles. The summed E-state index contributed by atoms with van der Waals surface area (Å²) in [5.41, 5.74) is 6.52. The quantitative estimate of drug-likeness (QED) is 0.834. The number of rotatable bonds is 4. The minimum Gasteiger partial charge on any atom is -0.462 e. The van der Waals surface area contributed by atoms with Gasteiger partial charge in [0.2, 0.25) is 0 Å². The number of carbonyl (C=O) groups is 1. The van der Waals surface area contributed by atoms with Crippen LogP contribution in [0.15, 0.2) is 0 Å². The van der Waals surface area contributed by atoms with Crippen molar-refractivity contribution in [3.05, 3.63) is 5.56 Å². The molecule has 0 spiro atoms. The number of anilines is 2. The second-order valence-electron chi connectivity index (χ2n) is 6.09. The molecule has 1 saturated carbocycles. The molecule has 3 N–H and O–H groups in total. The minimum absolute atomic E-state index is 0.256. The Morgan fingerprint density at radius 3 is 3.00 bits per heavy atom. The van der Waals surface area contributed by atoms with Gasteiger partial charge in [-0.2, -0.15) is 4.37 Å². The predicted molar refractivity (Wildman–Crippen MR) is 82.1 cm³/mol. The van der Waals surface area contributed by atoms with E-state index in [1.165, 1.54) is 24.4 Å². The molecule has 112 valence electrons. The Labute approximate surface area is 124 Å². The van der Waals surface area contributed by atoms with Crippen molar-refractivity contribution in [2.75, 3.05) is 17.7 Å². The Bertz CT molecular complexity index is 485. The third kappa shape index (κ3) is 3.42. The van der Waals surface area contributed by atoms with Crippen molar-refractivity contribution in [2.45, 2.75) is 52.5 Å². The summed E-state index contributed by atoms with van der Waals surface area (Å²) in [7, 11) is 0. The molecule has 0 amide bonds. The largest absolute Gasteiger partial charge is 0.462 e. The van der Waals surface area contributed by atoms with Gasteiger partial charge in [-0.15, -0.1) is 0 Å². The van der Waals surface area contributed by atoms with Crippen molar-refractivity contribution < 1.29 is 9.53 Å². The van der Waals surface area contributed by atoms with Crippen molar-refractivity contribution >= 4 is 28.3 Å². The zero-order valence-corrected chi connectivity index (χ0v) is 13.2. The highest BCUT2D eigenvalue weighted by Gasteiger charge is 2.30. The number of carbonyl (C=O) groups excluding carboxylic acids is 1. The fraction of sp³-hybridized carbons (Fsp3) is 0.714. The lowest BCUT2D eigenvalue weighted by atomic mass is 9.75.